The number of carbonyl (C=O) groups is 1. The average Bonchev–Trinajstić information content (AvgIpc) is 3.26. The topological polar surface area (TPSA) is 68.9 Å². The van der Waals surface area contributed by atoms with Crippen LogP contribution in [-0.2, 0) is 13.0 Å². The summed E-state index contributed by atoms with van der Waals surface area (Å²) in [6.45, 7) is 13.5. The van der Waals surface area contributed by atoms with Crippen LogP contribution in [0.2, 0.25) is 0 Å². The molecule has 1 amide bonds. The van der Waals surface area contributed by atoms with E-state index < -0.39 is 0 Å². The van der Waals surface area contributed by atoms with Crippen LogP contribution in [0.4, 0.5) is 10.1 Å². The molecule has 4 fully saturated rings. The monoisotopic (exact) mass is 563 g/mol. The molecule has 5 aliphatic rings. The van der Waals surface area contributed by atoms with Gasteiger partial charge < -0.3 is 20.3 Å². The summed E-state index contributed by atoms with van der Waals surface area (Å²) in [5.41, 5.74) is 3.85. The second kappa shape index (κ2) is 11.2. The summed E-state index contributed by atoms with van der Waals surface area (Å²) < 4.78 is 19.6. The number of hydrogen-bond acceptors (Lipinski definition) is 6. The lowest BCUT2D eigenvalue weighted by atomic mass is 9.45. The van der Waals surface area contributed by atoms with E-state index in [0.29, 0.717) is 54.2 Å². The number of ether oxygens (including phenoxy) is 1. The zero-order chi connectivity index (χ0) is 28.9. The van der Waals surface area contributed by atoms with Gasteiger partial charge in [0.05, 0.1) is 7.11 Å². The Bertz CT molecular complexity index is 1280. The first-order chi connectivity index (χ1) is 19.6. The van der Waals surface area contributed by atoms with E-state index in [1.165, 1.54) is 26.0 Å². The lowest BCUT2D eigenvalue weighted by Crippen LogP contribution is -2.66. The first-order valence-corrected chi connectivity index (χ1v) is 15.4. The first kappa shape index (κ1) is 28.4. The van der Waals surface area contributed by atoms with Crippen LogP contribution in [0.15, 0.2) is 36.4 Å². The molecule has 3 saturated carbocycles. The van der Waals surface area contributed by atoms with Crippen molar-refractivity contribution < 1.29 is 13.9 Å². The van der Waals surface area contributed by atoms with Gasteiger partial charge in [0.1, 0.15) is 17.9 Å². The minimum atomic E-state index is -0.297. The van der Waals surface area contributed by atoms with Crippen LogP contribution >= 0.6 is 0 Å². The Labute approximate surface area is 244 Å². The Morgan fingerprint density at radius 3 is 2.71 bits per heavy atom. The zero-order valence-electron chi connectivity index (χ0n) is 25.2. The van der Waals surface area contributed by atoms with Crippen LogP contribution in [0, 0.1) is 29.0 Å². The third kappa shape index (κ3) is 5.46. The lowest BCUT2D eigenvalue weighted by molar-refractivity contribution is -0.119. The van der Waals surface area contributed by atoms with Crippen LogP contribution in [0.25, 0.3) is 0 Å². The molecule has 0 spiro atoms. The molecule has 1 unspecified atom stereocenters. The van der Waals surface area contributed by atoms with Gasteiger partial charge in [0.2, 0.25) is 0 Å². The van der Waals surface area contributed by atoms with E-state index in [1.807, 2.05) is 17.0 Å². The van der Waals surface area contributed by atoms with Gasteiger partial charge >= 0.3 is 0 Å². The van der Waals surface area contributed by atoms with Crippen molar-refractivity contribution in [3.63, 3.8) is 0 Å². The van der Waals surface area contributed by atoms with E-state index in [2.05, 4.69) is 54.6 Å². The molecule has 2 bridgehead atoms. The van der Waals surface area contributed by atoms with Crippen molar-refractivity contribution in [2.24, 2.45) is 23.2 Å². The van der Waals surface area contributed by atoms with Crippen molar-refractivity contribution in [1.82, 2.24) is 20.4 Å². The SMILES string of the molecule is COc1ccc(CCN2Cc3cc(NC(N[C@H]4C[C@@H]5C[C@H]([C@@H]4C)C5(C)C)N4CCN[C@@H](C)C4)ccc3C2=O)c(F)c1. The highest BCUT2D eigenvalue weighted by Crippen LogP contribution is 2.61. The van der Waals surface area contributed by atoms with Crippen LogP contribution < -0.4 is 20.7 Å². The van der Waals surface area contributed by atoms with E-state index >= 15 is 0 Å². The fourth-order valence-electron chi connectivity index (χ4n) is 7.93. The lowest BCUT2D eigenvalue weighted by Gasteiger charge is -2.62. The number of methoxy groups -OCH3 is 1. The van der Waals surface area contributed by atoms with Crippen LogP contribution in [0.5, 0.6) is 5.75 Å². The number of rotatable bonds is 9. The fraction of sp³-hybridized carbons (Fsp3) is 0.606. The molecule has 1 saturated heterocycles. The number of benzene rings is 2. The Balaban J connectivity index is 1.14. The zero-order valence-corrected chi connectivity index (χ0v) is 25.2. The molecule has 2 aromatic rings. The Morgan fingerprint density at radius 2 is 2.00 bits per heavy atom. The first-order valence-electron chi connectivity index (χ1n) is 15.4. The largest absolute Gasteiger partial charge is 0.497 e. The van der Waals surface area contributed by atoms with Crippen molar-refractivity contribution in [3.8, 4) is 5.75 Å². The van der Waals surface area contributed by atoms with Crippen molar-refractivity contribution in [2.45, 2.75) is 71.9 Å². The maximum absolute atomic E-state index is 14.5. The summed E-state index contributed by atoms with van der Waals surface area (Å²) in [5.74, 6) is 2.44. The minimum absolute atomic E-state index is 0.0175. The summed E-state index contributed by atoms with van der Waals surface area (Å²) in [6, 6.07) is 11.9. The van der Waals surface area contributed by atoms with Crippen LogP contribution in [0.3, 0.4) is 0 Å². The highest BCUT2D eigenvalue weighted by atomic mass is 19.1. The average molecular weight is 564 g/mol. The third-order valence-corrected chi connectivity index (χ3v) is 10.7. The van der Waals surface area contributed by atoms with E-state index in [-0.39, 0.29) is 18.0 Å². The molecule has 7 nitrogen and oxygen atoms in total. The third-order valence-electron chi connectivity index (χ3n) is 10.7. The smallest absolute Gasteiger partial charge is 0.254 e. The number of carbonyl (C=O) groups excluding carboxylic acids is 1. The number of piperazine rings is 1. The van der Waals surface area contributed by atoms with Gasteiger partial charge in [0.25, 0.3) is 5.91 Å². The Morgan fingerprint density at radius 1 is 1.17 bits per heavy atom. The van der Waals surface area contributed by atoms with Gasteiger partial charge in [-0.3, -0.25) is 15.0 Å². The van der Waals surface area contributed by atoms with Gasteiger partial charge in [-0.25, -0.2) is 4.39 Å². The highest BCUT2D eigenvalue weighted by Gasteiger charge is 2.56. The van der Waals surface area contributed by atoms with Crippen LogP contribution in [0.1, 0.15) is 62.0 Å². The van der Waals surface area contributed by atoms with E-state index in [4.69, 9.17) is 4.74 Å². The van der Waals surface area contributed by atoms with Gasteiger partial charge in [-0.2, -0.15) is 0 Å². The maximum Gasteiger partial charge on any atom is 0.254 e. The molecule has 41 heavy (non-hydrogen) atoms. The minimum Gasteiger partial charge on any atom is -0.497 e. The molecule has 8 heteroatoms. The van der Waals surface area contributed by atoms with Gasteiger partial charge in [-0.1, -0.05) is 26.8 Å². The molecule has 2 aromatic carbocycles. The molecule has 7 rings (SSSR count). The predicted octanol–water partition coefficient (Wildman–Crippen LogP) is 4.68. The van der Waals surface area contributed by atoms with Gasteiger partial charge in [-0.05, 0) is 84.7 Å². The Hall–Kier alpha value is -2.68. The standard InChI is InChI=1S/C33H46FN5O2/c1-20-18-39(13-11-35-20)32(37-30-16-24-15-28(21(30)2)33(24,3)4)36-25-7-9-27-23(14-25)19-38(31(27)40)12-10-22-6-8-26(41-5)17-29(22)34/h6-9,14,17,20-21,24,28,30,32,35-37H,10-13,15-16,18-19H2,1-5H3/t20-,21-,24-,28+,30-,32?/m0/s1. The van der Waals surface area contributed by atoms with Crippen molar-refractivity contribution >= 4 is 11.6 Å². The highest BCUT2D eigenvalue weighted by molar-refractivity contribution is 5.98. The van der Waals surface area contributed by atoms with Crippen molar-refractivity contribution in [2.75, 3.05) is 38.6 Å². The summed E-state index contributed by atoms with van der Waals surface area (Å²) in [7, 11) is 1.53. The number of halogens is 1. The molecular formula is C33H46FN5O2. The molecule has 2 heterocycles. The molecule has 0 aromatic heterocycles. The van der Waals surface area contributed by atoms with E-state index in [0.717, 1.165) is 48.3 Å². The van der Waals surface area contributed by atoms with E-state index in [1.54, 1.807) is 12.1 Å². The summed E-state index contributed by atoms with van der Waals surface area (Å²) in [5, 5.41) is 11.4. The van der Waals surface area contributed by atoms with Crippen LogP contribution in [-0.4, -0.2) is 67.4 Å². The fourth-order valence-corrected chi connectivity index (χ4v) is 7.93. The second-order valence-corrected chi connectivity index (χ2v) is 13.4. The number of hydrogen-bond donors (Lipinski definition) is 3. The Kier molecular flexibility index (Phi) is 7.76. The summed E-state index contributed by atoms with van der Waals surface area (Å²) in [6.07, 6.45) is 3.09. The predicted molar refractivity (Wildman–Crippen MR) is 160 cm³/mol. The molecule has 0 radical (unpaired) electrons. The number of anilines is 1. The summed E-state index contributed by atoms with van der Waals surface area (Å²) in [4.78, 5) is 17.5. The summed E-state index contributed by atoms with van der Waals surface area (Å²) >= 11 is 0. The van der Waals surface area contributed by atoms with Crippen molar-refractivity contribution in [3.05, 3.63) is 58.9 Å². The number of nitrogens with zero attached hydrogens (tertiary/aromatic N) is 2. The van der Waals surface area contributed by atoms with Gasteiger partial charge in [-0.15, -0.1) is 0 Å². The molecular weight excluding hydrogens is 517 g/mol. The molecule has 222 valence electrons. The number of amides is 1. The van der Waals surface area contributed by atoms with Gasteiger partial charge in [0.15, 0.2) is 0 Å². The van der Waals surface area contributed by atoms with Gasteiger partial charge in [0, 0.05) is 62.1 Å². The normalized spacial score (nSPS) is 29.6. The molecule has 2 aliphatic heterocycles. The van der Waals surface area contributed by atoms with E-state index in [9.17, 15) is 9.18 Å². The molecule has 6 atom stereocenters. The number of nitrogens with one attached hydrogen (secondary N) is 3. The number of fused-ring (bicyclic) bond motifs is 3. The quantitative estimate of drug-likeness (QED) is 0.385. The maximum atomic E-state index is 14.5. The van der Waals surface area contributed by atoms with Crippen molar-refractivity contribution in [1.29, 1.82) is 0 Å². The second-order valence-electron chi connectivity index (χ2n) is 13.4. The molecule has 3 N–H and O–H groups in total. The molecule has 3 aliphatic carbocycles.